The Hall–Kier alpha value is -0.0400. The lowest BCUT2D eigenvalue weighted by Crippen LogP contribution is -2.94. The van der Waals surface area contributed by atoms with Crippen LogP contribution in [0.4, 0.5) is 0 Å². The summed E-state index contributed by atoms with van der Waals surface area (Å²) in [7, 11) is 0. The van der Waals surface area contributed by atoms with Crippen LogP contribution in [0.15, 0.2) is 0 Å². The van der Waals surface area contributed by atoms with E-state index in [1.165, 1.54) is 24.9 Å². The molecule has 5 atom stereocenters. The van der Waals surface area contributed by atoms with E-state index in [0.29, 0.717) is 0 Å². The Kier molecular flexibility index (Phi) is 0.471. The van der Waals surface area contributed by atoms with Crippen molar-refractivity contribution in [1.82, 2.24) is 4.90 Å². The van der Waals surface area contributed by atoms with E-state index in [4.69, 9.17) is 0 Å². The molecular weight excluding hydrogens is 122 g/mol. The molecule has 2 aliphatic carbocycles. The summed E-state index contributed by atoms with van der Waals surface area (Å²) in [4.78, 5) is 2.68. The molecule has 0 aromatic rings. The highest BCUT2D eigenvalue weighted by atomic mass is 15.4. The molecule has 1 nitrogen and oxygen atoms in total. The van der Waals surface area contributed by atoms with Crippen molar-refractivity contribution in [2.24, 2.45) is 23.2 Å². The first-order valence-electron chi connectivity index (χ1n) is 4.58. The van der Waals surface area contributed by atoms with Crippen LogP contribution >= 0.6 is 0 Å². The highest BCUT2D eigenvalue weighted by molar-refractivity contribution is 5.33. The summed E-state index contributed by atoms with van der Waals surface area (Å²) >= 11 is 0. The van der Waals surface area contributed by atoms with Crippen LogP contribution in [0, 0.1) is 23.2 Å². The van der Waals surface area contributed by atoms with Crippen LogP contribution in [0.1, 0.15) is 13.3 Å². The van der Waals surface area contributed by atoms with Crippen molar-refractivity contribution in [3.8, 4) is 0 Å². The highest BCUT2D eigenvalue weighted by Gasteiger charge is 2.82. The molecule has 2 heterocycles. The van der Waals surface area contributed by atoms with Gasteiger partial charge in [0.25, 0.3) is 0 Å². The molecule has 1 spiro atoms. The highest BCUT2D eigenvalue weighted by Crippen LogP contribution is 2.78. The molecule has 2 saturated carbocycles. The maximum atomic E-state index is 2.68. The maximum absolute atomic E-state index is 2.68. The molecule has 0 radical (unpaired) electrons. The smallest absolute Gasteiger partial charge is 0.0213 e. The summed E-state index contributed by atoms with van der Waals surface area (Å²) in [6.45, 7) is 5.40. The predicted molar refractivity (Wildman–Crippen MR) is 38.6 cm³/mol. The Morgan fingerprint density at radius 3 is 2.80 bits per heavy atom. The van der Waals surface area contributed by atoms with Gasteiger partial charge in [-0.1, -0.05) is 6.92 Å². The molecule has 4 unspecified atom stereocenters. The third-order valence-electron chi connectivity index (χ3n) is 5.00. The van der Waals surface area contributed by atoms with Crippen LogP contribution in [0.2, 0.25) is 0 Å². The van der Waals surface area contributed by atoms with Gasteiger partial charge in [0, 0.05) is 24.5 Å². The number of hydrogen-bond acceptors (Lipinski definition) is 1. The molecule has 1 heteroatoms. The zero-order chi connectivity index (χ0) is 6.51. The molecule has 10 heavy (non-hydrogen) atoms. The second-order valence-electron chi connectivity index (χ2n) is 4.89. The number of piperidine rings is 4. The van der Waals surface area contributed by atoms with E-state index in [1.807, 2.05) is 0 Å². The summed E-state index contributed by atoms with van der Waals surface area (Å²) in [5, 5.41) is 0. The summed E-state index contributed by atoms with van der Waals surface area (Å²) < 4.78 is 0. The van der Waals surface area contributed by atoms with E-state index in [1.54, 1.807) is 6.42 Å². The van der Waals surface area contributed by atoms with Gasteiger partial charge in [-0.15, -0.1) is 0 Å². The monoisotopic (exact) mass is 135 g/mol. The average molecular weight is 135 g/mol. The van der Waals surface area contributed by atoms with Crippen molar-refractivity contribution in [2.75, 3.05) is 13.1 Å². The van der Waals surface area contributed by atoms with Gasteiger partial charge in [0.1, 0.15) is 0 Å². The Bertz CT molecular complexity index is 217. The van der Waals surface area contributed by atoms with E-state index in [2.05, 4.69) is 11.8 Å². The minimum atomic E-state index is 0.906. The zero-order valence-corrected chi connectivity index (χ0v) is 6.38. The fourth-order valence-electron chi connectivity index (χ4n) is 4.46. The first kappa shape index (κ1) is 4.76. The topological polar surface area (TPSA) is 3.24 Å². The van der Waals surface area contributed by atoms with Gasteiger partial charge in [-0.05, 0) is 24.2 Å². The number of nitrogens with zero attached hydrogens (tertiary/aromatic N) is 1. The molecule has 0 aromatic carbocycles. The van der Waals surface area contributed by atoms with Gasteiger partial charge < -0.3 is 0 Å². The van der Waals surface area contributed by atoms with Crippen molar-refractivity contribution < 1.29 is 0 Å². The van der Waals surface area contributed by atoms with Gasteiger partial charge in [-0.25, -0.2) is 0 Å². The second-order valence-corrected chi connectivity index (χ2v) is 4.89. The predicted octanol–water partition coefficient (Wildman–Crippen LogP) is 0.956. The van der Waals surface area contributed by atoms with E-state index >= 15 is 0 Å². The molecule has 2 saturated heterocycles. The van der Waals surface area contributed by atoms with Crippen molar-refractivity contribution >= 4 is 0 Å². The first-order chi connectivity index (χ1) is 4.84. The van der Waals surface area contributed by atoms with Crippen LogP contribution in [-0.4, -0.2) is 24.0 Å². The third kappa shape index (κ3) is 0.209. The fourth-order valence-corrected chi connectivity index (χ4v) is 4.46. The Labute approximate surface area is 61.4 Å². The number of fused-ring (bicyclic) bond motifs is 1. The molecule has 0 aromatic heterocycles. The van der Waals surface area contributed by atoms with Crippen molar-refractivity contribution in [1.29, 1.82) is 0 Å². The van der Waals surface area contributed by atoms with Gasteiger partial charge in [-0.3, -0.25) is 4.90 Å². The van der Waals surface area contributed by atoms with Gasteiger partial charge in [0.2, 0.25) is 0 Å². The van der Waals surface area contributed by atoms with Crippen molar-refractivity contribution in [2.45, 2.75) is 19.4 Å². The lowest BCUT2D eigenvalue weighted by atomic mass is 9.28. The largest absolute Gasteiger partial charge is 0.298 e. The zero-order valence-electron chi connectivity index (χ0n) is 6.38. The Balaban J connectivity index is 1.82. The Morgan fingerprint density at radius 2 is 2.40 bits per heavy atom. The van der Waals surface area contributed by atoms with Crippen molar-refractivity contribution in [3.63, 3.8) is 0 Å². The Morgan fingerprint density at radius 1 is 1.50 bits per heavy atom. The summed E-state index contributed by atoms with van der Waals surface area (Å²) in [6.07, 6.45) is 1.56. The lowest BCUT2D eigenvalue weighted by Gasteiger charge is -2.88. The first-order valence-corrected chi connectivity index (χ1v) is 4.58. The third-order valence-corrected chi connectivity index (χ3v) is 5.00. The molecule has 4 fully saturated rings. The molecule has 0 amide bonds. The summed E-state index contributed by atoms with van der Waals surface area (Å²) in [6, 6.07) is 1.10. The quantitative estimate of drug-likeness (QED) is 0.478. The summed E-state index contributed by atoms with van der Waals surface area (Å²) in [5.74, 6) is 3.44. The van der Waals surface area contributed by atoms with Gasteiger partial charge in [0.05, 0.1) is 0 Å². The second kappa shape index (κ2) is 0.989. The molecule has 54 valence electrons. The molecular formula is C9H13N. The fraction of sp³-hybridized carbons (Fsp3) is 1.00. The molecule has 0 bridgehead atoms. The number of hydrogen-bond donors (Lipinski definition) is 0. The van der Waals surface area contributed by atoms with Crippen LogP contribution in [0.25, 0.3) is 0 Å². The normalized spacial score (nSPS) is 75.3. The lowest BCUT2D eigenvalue weighted by molar-refractivity contribution is -0.394. The maximum Gasteiger partial charge on any atom is 0.0213 e. The average Bonchev–Trinajstić information content (AvgIpc) is 1.89. The van der Waals surface area contributed by atoms with Crippen LogP contribution in [-0.2, 0) is 0 Å². The van der Waals surface area contributed by atoms with Gasteiger partial charge in [0.15, 0.2) is 0 Å². The molecule has 4 rings (SSSR count). The van der Waals surface area contributed by atoms with E-state index in [0.717, 1.165) is 17.4 Å². The van der Waals surface area contributed by atoms with Crippen molar-refractivity contribution in [3.05, 3.63) is 0 Å². The molecule has 0 N–H and O–H groups in total. The SMILES string of the molecule is C[C@@H]1CC2C3CN4CC21C34. The standard InChI is InChI=1S/C9H13N/c1-5-2-7-6-3-10-4-9(5,7)8(6)10/h5-8H,2-4H2,1H3/t5-,6?,7?,8?,9?/m1/s1. The van der Waals surface area contributed by atoms with E-state index in [9.17, 15) is 0 Å². The van der Waals surface area contributed by atoms with E-state index in [-0.39, 0.29) is 0 Å². The van der Waals surface area contributed by atoms with Gasteiger partial charge in [-0.2, -0.15) is 0 Å². The molecule has 2 aliphatic heterocycles. The minimum absolute atomic E-state index is 0.906. The summed E-state index contributed by atoms with van der Waals surface area (Å²) in [5.41, 5.74) is 0.906. The van der Waals surface area contributed by atoms with Crippen LogP contribution in [0.5, 0.6) is 0 Å². The number of rotatable bonds is 0. The van der Waals surface area contributed by atoms with E-state index < -0.39 is 0 Å². The van der Waals surface area contributed by atoms with Crippen LogP contribution < -0.4 is 0 Å². The molecule has 4 aliphatic rings. The minimum Gasteiger partial charge on any atom is -0.298 e. The van der Waals surface area contributed by atoms with Crippen LogP contribution in [0.3, 0.4) is 0 Å². The van der Waals surface area contributed by atoms with Gasteiger partial charge >= 0.3 is 0 Å².